The lowest BCUT2D eigenvalue weighted by Crippen LogP contribution is -2.35. The monoisotopic (exact) mass is 328 g/mol. The molecule has 90 valence electrons. The maximum absolute atomic E-state index is 11.4. The van der Waals surface area contributed by atoms with Crippen LogP contribution < -0.4 is 3.71 Å². The molecule has 0 amide bonds. The van der Waals surface area contributed by atoms with Gasteiger partial charge in [-0.05, 0) is 28.1 Å². The lowest BCUT2D eigenvalue weighted by Gasteiger charge is -2.18. The Bertz CT molecular complexity index is 565. The van der Waals surface area contributed by atoms with Gasteiger partial charge in [-0.3, -0.25) is 0 Å². The Kier molecular flexibility index (Phi) is 3.60. The van der Waals surface area contributed by atoms with Crippen molar-refractivity contribution in [2.24, 2.45) is 0 Å². The predicted molar refractivity (Wildman–Crippen MR) is 64.1 cm³/mol. The predicted octanol–water partition coefficient (Wildman–Crippen LogP) is 0.570. The van der Waals surface area contributed by atoms with Crippen molar-refractivity contribution in [1.29, 1.82) is 0 Å². The van der Waals surface area contributed by atoms with E-state index >= 15 is 0 Å². The number of halogens is 1. The summed E-state index contributed by atoms with van der Waals surface area (Å²) in [6.45, 7) is 0. The van der Waals surface area contributed by atoms with Crippen molar-refractivity contribution in [2.45, 2.75) is 0 Å². The normalized spacial score (nSPS) is 12.4. The third-order valence-corrected chi connectivity index (χ3v) is 5.14. The Balaban J connectivity index is 3.47. The highest BCUT2D eigenvalue weighted by atomic mass is 79.9. The summed E-state index contributed by atoms with van der Waals surface area (Å²) in [4.78, 5) is 3.79. The van der Waals surface area contributed by atoms with Crippen LogP contribution in [-0.2, 0) is 20.0 Å². The first-order valence-electron chi connectivity index (χ1n) is 3.95. The van der Waals surface area contributed by atoms with Crippen molar-refractivity contribution in [3.8, 4) is 0 Å². The molecule has 0 bridgehead atoms. The smallest absolute Gasteiger partial charge is 0.222 e. The Morgan fingerprint density at radius 2 is 1.62 bits per heavy atom. The minimum Gasteiger partial charge on any atom is -0.222 e. The van der Waals surface area contributed by atoms with Gasteiger partial charge in [-0.2, -0.15) is 0 Å². The second-order valence-electron chi connectivity index (χ2n) is 3.04. The summed E-state index contributed by atoms with van der Waals surface area (Å²) in [5.41, 5.74) is 0. The molecule has 0 aliphatic rings. The highest BCUT2D eigenvalue weighted by Gasteiger charge is 2.28. The van der Waals surface area contributed by atoms with Crippen LogP contribution in [0.15, 0.2) is 22.8 Å². The summed E-state index contributed by atoms with van der Waals surface area (Å²) in [5.74, 6) is -0.167. The van der Waals surface area contributed by atoms with Gasteiger partial charge >= 0.3 is 0 Å². The fourth-order valence-electron chi connectivity index (χ4n) is 1.08. The van der Waals surface area contributed by atoms with Crippen molar-refractivity contribution in [3.05, 3.63) is 22.8 Å². The number of anilines is 1. The molecule has 1 aromatic heterocycles. The fraction of sp³-hybridized carbons (Fsp3) is 0.286. The second kappa shape index (κ2) is 4.30. The van der Waals surface area contributed by atoms with Crippen LogP contribution in [0.25, 0.3) is 0 Å². The molecule has 6 nitrogen and oxygen atoms in total. The molecule has 0 fully saturated rings. The lowest BCUT2D eigenvalue weighted by atomic mass is 10.5. The average Bonchev–Trinajstić information content (AvgIpc) is 1.97. The Morgan fingerprint density at radius 3 is 2.00 bits per heavy atom. The van der Waals surface area contributed by atoms with Gasteiger partial charge in [-0.1, -0.05) is 6.07 Å². The minimum atomic E-state index is -3.93. The van der Waals surface area contributed by atoms with Gasteiger partial charge in [0.05, 0.1) is 12.5 Å². The van der Waals surface area contributed by atoms with Gasteiger partial charge in [0.25, 0.3) is 0 Å². The van der Waals surface area contributed by atoms with Gasteiger partial charge in [-0.25, -0.2) is 21.8 Å². The van der Waals surface area contributed by atoms with Crippen LogP contribution in [0, 0.1) is 0 Å². The first-order chi connectivity index (χ1) is 7.12. The third-order valence-electron chi connectivity index (χ3n) is 1.49. The number of hydrogen-bond acceptors (Lipinski definition) is 5. The quantitative estimate of drug-likeness (QED) is 0.757. The van der Waals surface area contributed by atoms with E-state index in [2.05, 4.69) is 20.9 Å². The van der Waals surface area contributed by atoms with E-state index < -0.39 is 20.0 Å². The topological polar surface area (TPSA) is 84.4 Å². The number of nitrogens with zero attached hydrogens (tertiary/aromatic N) is 2. The number of hydrogen-bond donors (Lipinski definition) is 0. The molecule has 0 spiro atoms. The van der Waals surface area contributed by atoms with Crippen LogP contribution in [-0.4, -0.2) is 34.3 Å². The van der Waals surface area contributed by atoms with Crippen LogP contribution in [0.1, 0.15) is 0 Å². The molecule has 0 saturated heterocycles. The summed E-state index contributed by atoms with van der Waals surface area (Å²) < 4.78 is 46.2. The minimum absolute atomic E-state index is 0.167. The number of rotatable bonds is 3. The molecule has 1 rings (SSSR count). The van der Waals surface area contributed by atoms with Gasteiger partial charge in [0, 0.05) is 0 Å². The maximum Gasteiger partial charge on any atom is 0.246 e. The number of aromatic nitrogens is 1. The maximum atomic E-state index is 11.4. The van der Waals surface area contributed by atoms with Crippen LogP contribution in [0.3, 0.4) is 0 Å². The second-order valence-corrected chi connectivity index (χ2v) is 7.75. The average molecular weight is 329 g/mol. The van der Waals surface area contributed by atoms with Crippen molar-refractivity contribution in [2.75, 3.05) is 16.2 Å². The molecule has 0 saturated carbocycles. The van der Waals surface area contributed by atoms with Crippen molar-refractivity contribution >= 4 is 41.8 Å². The van der Waals surface area contributed by atoms with E-state index in [1.807, 2.05) is 0 Å². The van der Waals surface area contributed by atoms with Gasteiger partial charge in [0.1, 0.15) is 4.60 Å². The van der Waals surface area contributed by atoms with Crippen LogP contribution >= 0.6 is 15.9 Å². The molecule has 9 heteroatoms. The van der Waals surface area contributed by atoms with Crippen molar-refractivity contribution in [3.63, 3.8) is 0 Å². The third kappa shape index (κ3) is 3.16. The van der Waals surface area contributed by atoms with Gasteiger partial charge in [0.15, 0.2) is 5.82 Å². The SMILES string of the molecule is CS(=O)(=O)N(c1cccc(Br)n1)S(C)(=O)=O. The molecular weight excluding hydrogens is 320 g/mol. The summed E-state index contributed by atoms with van der Waals surface area (Å²) >= 11 is 3.04. The molecule has 0 aliphatic carbocycles. The van der Waals surface area contributed by atoms with Gasteiger partial charge in [-0.15, -0.1) is 3.71 Å². The van der Waals surface area contributed by atoms with E-state index in [1.165, 1.54) is 12.1 Å². The first kappa shape index (κ1) is 13.4. The zero-order valence-electron chi connectivity index (χ0n) is 8.45. The zero-order valence-corrected chi connectivity index (χ0v) is 11.7. The van der Waals surface area contributed by atoms with Crippen LogP contribution in [0.4, 0.5) is 5.82 Å². The molecule has 1 aromatic rings. The van der Waals surface area contributed by atoms with Crippen molar-refractivity contribution < 1.29 is 16.8 Å². The van der Waals surface area contributed by atoms with E-state index in [1.54, 1.807) is 6.07 Å². The standard InChI is InChI=1S/C7H9BrN2O4S2/c1-15(11,12)10(16(2,13)14)7-5-3-4-6(8)9-7/h3-5H,1-2H3. The van der Waals surface area contributed by atoms with E-state index in [0.29, 0.717) is 4.60 Å². The van der Waals surface area contributed by atoms with E-state index in [0.717, 1.165) is 12.5 Å². The summed E-state index contributed by atoms with van der Waals surface area (Å²) in [5, 5.41) is 0. The van der Waals surface area contributed by atoms with Gasteiger partial charge < -0.3 is 0 Å². The fourth-order valence-corrected chi connectivity index (χ4v) is 4.27. The van der Waals surface area contributed by atoms with E-state index in [4.69, 9.17) is 0 Å². The molecule has 0 radical (unpaired) electrons. The molecular formula is C7H9BrN2O4S2. The van der Waals surface area contributed by atoms with E-state index in [-0.39, 0.29) is 9.53 Å². The highest BCUT2D eigenvalue weighted by Crippen LogP contribution is 2.20. The summed E-state index contributed by atoms with van der Waals surface area (Å²) in [6, 6.07) is 4.36. The lowest BCUT2D eigenvalue weighted by molar-refractivity contribution is 0.590. The summed E-state index contributed by atoms with van der Waals surface area (Å²) in [6.07, 6.45) is 1.60. The van der Waals surface area contributed by atoms with Crippen molar-refractivity contribution in [1.82, 2.24) is 4.98 Å². The summed E-state index contributed by atoms with van der Waals surface area (Å²) in [7, 11) is -7.86. The van der Waals surface area contributed by atoms with Crippen LogP contribution in [0.2, 0.25) is 0 Å². The molecule has 16 heavy (non-hydrogen) atoms. The molecule has 0 aliphatic heterocycles. The van der Waals surface area contributed by atoms with Gasteiger partial charge in [0.2, 0.25) is 20.0 Å². The highest BCUT2D eigenvalue weighted by molar-refractivity contribution is 9.10. The first-order valence-corrected chi connectivity index (χ1v) is 8.44. The Morgan fingerprint density at radius 1 is 1.12 bits per heavy atom. The van der Waals surface area contributed by atoms with E-state index in [9.17, 15) is 16.8 Å². The molecule has 1 heterocycles. The number of sulfonamides is 2. The molecule has 0 N–H and O–H groups in total. The zero-order chi connectivity index (χ0) is 12.6. The molecule has 0 aromatic carbocycles. The largest absolute Gasteiger partial charge is 0.246 e. The number of pyridine rings is 1. The Labute approximate surface area is 103 Å². The van der Waals surface area contributed by atoms with Crippen LogP contribution in [0.5, 0.6) is 0 Å². The molecule has 0 unspecified atom stereocenters. The molecule has 0 atom stereocenters. The Hall–Kier alpha value is -0.670.